The van der Waals surface area contributed by atoms with Crippen molar-refractivity contribution in [2.24, 2.45) is 0 Å². The lowest BCUT2D eigenvalue weighted by Gasteiger charge is -2.35. The van der Waals surface area contributed by atoms with Gasteiger partial charge >= 0.3 is 0 Å². The summed E-state index contributed by atoms with van der Waals surface area (Å²) in [6.07, 6.45) is 8.53. The van der Waals surface area contributed by atoms with Crippen LogP contribution in [0.4, 0.5) is 0 Å². The van der Waals surface area contributed by atoms with Crippen molar-refractivity contribution >= 4 is 5.91 Å². The first-order chi connectivity index (χ1) is 12.3. The molecule has 2 heterocycles. The highest BCUT2D eigenvalue weighted by molar-refractivity contribution is 5.76. The largest absolute Gasteiger partial charge is 0.332 e. The molecule has 1 unspecified atom stereocenters. The van der Waals surface area contributed by atoms with Crippen molar-refractivity contribution in [3.8, 4) is 0 Å². The van der Waals surface area contributed by atoms with Crippen LogP contribution in [0.2, 0.25) is 0 Å². The van der Waals surface area contributed by atoms with Crippen molar-refractivity contribution in [3.05, 3.63) is 48.0 Å². The van der Waals surface area contributed by atoms with Gasteiger partial charge in [0.15, 0.2) is 5.82 Å². The van der Waals surface area contributed by atoms with Crippen molar-refractivity contribution in [3.63, 3.8) is 0 Å². The minimum absolute atomic E-state index is 0.0898. The van der Waals surface area contributed by atoms with Crippen LogP contribution in [0.3, 0.4) is 0 Å². The number of carbonyl (C=O) groups is 1. The van der Waals surface area contributed by atoms with Gasteiger partial charge in [-0.05, 0) is 44.1 Å². The van der Waals surface area contributed by atoms with Crippen LogP contribution in [0.15, 0.2) is 36.7 Å². The average molecular weight is 340 g/mol. The van der Waals surface area contributed by atoms with E-state index in [-0.39, 0.29) is 11.9 Å². The number of piperidine rings is 1. The van der Waals surface area contributed by atoms with Crippen LogP contribution in [0, 0.1) is 0 Å². The Morgan fingerprint density at radius 2 is 2.08 bits per heavy atom. The van der Waals surface area contributed by atoms with E-state index in [4.69, 9.17) is 0 Å². The van der Waals surface area contributed by atoms with Crippen LogP contribution < -0.4 is 0 Å². The Bertz CT molecular complexity index is 667. The van der Waals surface area contributed by atoms with Crippen LogP contribution in [-0.2, 0) is 17.8 Å². The molecule has 1 saturated heterocycles. The Labute approximate surface area is 150 Å². The van der Waals surface area contributed by atoms with Crippen LogP contribution in [0.5, 0.6) is 0 Å². The highest BCUT2D eigenvalue weighted by Crippen LogP contribution is 2.30. The van der Waals surface area contributed by atoms with Gasteiger partial charge in [0.1, 0.15) is 6.33 Å². The Hall–Kier alpha value is -2.17. The molecule has 1 atom stereocenters. The summed E-state index contributed by atoms with van der Waals surface area (Å²) in [6.45, 7) is 3.90. The van der Waals surface area contributed by atoms with Gasteiger partial charge in [-0.3, -0.25) is 4.79 Å². The first-order valence-corrected chi connectivity index (χ1v) is 9.50. The number of hydrogen-bond acceptors (Lipinski definition) is 3. The van der Waals surface area contributed by atoms with Crippen LogP contribution in [0.25, 0.3) is 0 Å². The molecule has 0 radical (unpaired) electrons. The molecule has 5 heteroatoms. The van der Waals surface area contributed by atoms with Gasteiger partial charge in [-0.15, -0.1) is 10.2 Å². The van der Waals surface area contributed by atoms with E-state index < -0.39 is 0 Å². The standard InChI is InChI=1S/C20H28N4O/c1-2-14-23-16-21-22-20(23)18-12-6-7-15-24(18)19(25)13-8-11-17-9-4-3-5-10-17/h3-5,9-10,16,18H,2,6-8,11-15H2,1H3. The maximum absolute atomic E-state index is 12.8. The summed E-state index contributed by atoms with van der Waals surface area (Å²) in [6, 6.07) is 10.5. The molecule has 1 aliphatic rings. The molecule has 0 saturated carbocycles. The highest BCUT2D eigenvalue weighted by Gasteiger charge is 2.30. The minimum Gasteiger partial charge on any atom is -0.332 e. The van der Waals surface area contributed by atoms with Crippen molar-refractivity contribution in [2.45, 2.75) is 64.5 Å². The van der Waals surface area contributed by atoms with E-state index in [2.05, 4.69) is 46.0 Å². The monoisotopic (exact) mass is 340 g/mol. The van der Waals surface area contributed by atoms with Gasteiger partial charge in [0.05, 0.1) is 6.04 Å². The van der Waals surface area contributed by atoms with E-state index in [1.165, 1.54) is 5.56 Å². The molecule has 1 aromatic heterocycles. The van der Waals surface area contributed by atoms with E-state index in [0.717, 1.165) is 57.4 Å². The zero-order chi connectivity index (χ0) is 17.5. The molecule has 5 nitrogen and oxygen atoms in total. The lowest BCUT2D eigenvalue weighted by atomic mass is 10.00. The summed E-state index contributed by atoms with van der Waals surface area (Å²) in [5.74, 6) is 1.21. The fourth-order valence-electron chi connectivity index (χ4n) is 3.67. The number of nitrogens with zero attached hydrogens (tertiary/aromatic N) is 4. The number of rotatable bonds is 7. The third kappa shape index (κ3) is 4.47. The molecular weight excluding hydrogens is 312 g/mol. The molecule has 25 heavy (non-hydrogen) atoms. The Morgan fingerprint density at radius 1 is 1.24 bits per heavy atom. The molecule has 0 spiro atoms. The quantitative estimate of drug-likeness (QED) is 0.771. The number of hydrogen-bond donors (Lipinski definition) is 0. The van der Waals surface area contributed by atoms with Gasteiger partial charge in [-0.2, -0.15) is 0 Å². The normalized spacial score (nSPS) is 17.6. The van der Waals surface area contributed by atoms with Gasteiger partial charge in [0.2, 0.25) is 5.91 Å². The predicted octanol–water partition coefficient (Wildman–Crippen LogP) is 3.76. The van der Waals surface area contributed by atoms with E-state index in [1.54, 1.807) is 6.33 Å². The smallest absolute Gasteiger partial charge is 0.223 e. The molecule has 0 bridgehead atoms. The number of benzene rings is 1. The van der Waals surface area contributed by atoms with Crippen LogP contribution in [0.1, 0.15) is 62.9 Å². The van der Waals surface area contributed by atoms with Crippen molar-refractivity contribution < 1.29 is 4.79 Å². The molecule has 1 aromatic carbocycles. The number of carbonyl (C=O) groups excluding carboxylic acids is 1. The summed E-state index contributed by atoms with van der Waals surface area (Å²) in [7, 11) is 0. The Morgan fingerprint density at radius 3 is 2.88 bits per heavy atom. The predicted molar refractivity (Wildman–Crippen MR) is 98.0 cm³/mol. The number of aromatic nitrogens is 3. The van der Waals surface area contributed by atoms with E-state index in [1.807, 2.05) is 11.0 Å². The summed E-state index contributed by atoms with van der Waals surface area (Å²) < 4.78 is 2.11. The first-order valence-electron chi connectivity index (χ1n) is 9.50. The van der Waals surface area contributed by atoms with Crippen molar-refractivity contribution in [1.29, 1.82) is 0 Å². The van der Waals surface area contributed by atoms with Crippen molar-refractivity contribution in [2.75, 3.05) is 6.54 Å². The summed E-state index contributed by atoms with van der Waals surface area (Å²) in [4.78, 5) is 14.9. The Balaban J connectivity index is 1.62. The SMILES string of the molecule is CCCn1cnnc1C1CCCCN1C(=O)CCCc1ccccc1. The second-order valence-electron chi connectivity index (χ2n) is 6.82. The average Bonchev–Trinajstić information content (AvgIpc) is 3.11. The van der Waals surface area contributed by atoms with Gasteiger partial charge in [-0.25, -0.2) is 0 Å². The molecule has 1 fully saturated rings. The zero-order valence-corrected chi connectivity index (χ0v) is 15.1. The molecule has 0 N–H and O–H groups in total. The number of likely N-dealkylation sites (tertiary alicyclic amines) is 1. The van der Waals surface area contributed by atoms with Gasteiger partial charge in [-0.1, -0.05) is 37.3 Å². The molecule has 134 valence electrons. The lowest BCUT2D eigenvalue weighted by Crippen LogP contribution is -2.39. The number of aryl methyl sites for hydroxylation is 2. The second-order valence-corrected chi connectivity index (χ2v) is 6.82. The zero-order valence-electron chi connectivity index (χ0n) is 15.1. The molecule has 2 aromatic rings. The fraction of sp³-hybridized carbons (Fsp3) is 0.550. The molecular formula is C20H28N4O. The third-order valence-electron chi connectivity index (χ3n) is 4.93. The van der Waals surface area contributed by atoms with E-state index >= 15 is 0 Å². The Kier molecular flexibility index (Phi) is 6.20. The van der Waals surface area contributed by atoms with E-state index in [0.29, 0.717) is 6.42 Å². The van der Waals surface area contributed by atoms with Crippen LogP contribution in [-0.4, -0.2) is 32.1 Å². The summed E-state index contributed by atoms with van der Waals surface area (Å²) in [5.41, 5.74) is 1.30. The third-order valence-corrected chi connectivity index (χ3v) is 4.93. The molecule has 3 rings (SSSR count). The topological polar surface area (TPSA) is 51.0 Å². The van der Waals surface area contributed by atoms with Crippen LogP contribution >= 0.6 is 0 Å². The molecule has 0 aliphatic carbocycles. The van der Waals surface area contributed by atoms with Gasteiger partial charge < -0.3 is 9.47 Å². The number of amides is 1. The summed E-state index contributed by atoms with van der Waals surface area (Å²) >= 11 is 0. The maximum Gasteiger partial charge on any atom is 0.223 e. The molecule has 1 aliphatic heterocycles. The summed E-state index contributed by atoms with van der Waals surface area (Å²) in [5, 5.41) is 8.42. The van der Waals surface area contributed by atoms with Gasteiger partial charge in [0.25, 0.3) is 0 Å². The van der Waals surface area contributed by atoms with Crippen molar-refractivity contribution in [1.82, 2.24) is 19.7 Å². The lowest BCUT2D eigenvalue weighted by molar-refractivity contribution is -0.135. The maximum atomic E-state index is 12.8. The first kappa shape index (κ1) is 17.6. The second kappa shape index (κ2) is 8.79. The minimum atomic E-state index is 0.0898. The van der Waals surface area contributed by atoms with E-state index in [9.17, 15) is 4.79 Å². The highest BCUT2D eigenvalue weighted by atomic mass is 16.2. The molecule has 1 amide bonds. The van der Waals surface area contributed by atoms with Gasteiger partial charge in [0, 0.05) is 19.5 Å². The fourth-order valence-corrected chi connectivity index (χ4v) is 3.67.